The van der Waals surface area contributed by atoms with Gasteiger partial charge in [-0.15, -0.1) is 0 Å². The number of carbonyl (C=O) groups is 1. The molecule has 1 saturated heterocycles. The molecular formula is C12H14BrClN2O. The minimum absolute atomic E-state index is 0.0147. The Kier molecular flexibility index (Phi) is 3.76. The summed E-state index contributed by atoms with van der Waals surface area (Å²) in [6.07, 6.45) is 0. The highest BCUT2D eigenvalue weighted by atomic mass is 79.9. The summed E-state index contributed by atoms with van der Waals surface area (Å²) in [6.45, 7) is 3.38. The second kappa shape index (κ2) is 4.96. The fraction of sp³-hybridized carbons (Fsp3) is 0.417. The molecule has 1 aromatic rings. The van der Waals surface area contributed by atoms with Crippen molar-refractivity contribution in [3.05, 3.63) is 33.3 Å². The van der Waals surface area contributed by atoms with E-state index in [1.54, 1.807) is 23.1 Å². The van der Waals surface area contributed by atoms with E-state index in [-0.39, 0.29) is 11.9 Å². The van der Waals surface area contributed by atoms with Gasteiger partial charge in [-0.25, -0.2) is 0 Å². The zero-order valence-corrected chi connectivity index (χ0v) is 11.8. The van der Waals surface area contributed by atoms with Crippen LogP contribution in [0.15, 0.2) is 22.7 Å². The van der Waals surface area contributed by atoms with Gasteiger partial charge in [0.15, 0.2) is 0 Å². The van der Waals surface area contributed by atoms with E-state index in [4.69, 9.17) is 17.3 Å². The largest absolute Gasteiger partial charge is 0.337 e. The van der Waals surface area contributed by atoms with Crippen molar-refractivity contribution in [1.29, 1.82) is 0 Å². The maximum Gasteiger partial charge on any atom is 0.255 e. The first-order valence-corrected chi connectivity index (χ1v) is 6.66. The number of nitrogens with zero attached hydrogens (tertiary/aromatic N) is 1. The molecule has 1 aliphatic heterocycles. The predicted molar refractivity (Wildman–Crippen MR) is 72.2 cm³/mol. The number of amides is 1. The Bertz CT molecular complexity index is 442. The number of rotatable bonds is 1. The lowest BCUT2D eigenvalue weighted by Gasteiger charge is -2.17. The van der Waals surface area contributed by atoms with Gasteiger partial charge in [0, 0.05) is 28.6 Å². The molecule has 1 amide bonds. The van der Waals surface area contributed by atoms with E-state index in [0.29, 0.717) is 29.6 Å². The lowest BCUT2D eigenvalue weighted by atomic mass is 10.1. The van der Waals surface area contributed by atoms with Crippen molar-refractivity contribution in [3.8, 4) is 0 Å². The van der Waals surface area contributed by atoms with Crippen LogP contribution in [0.2, 0.25) is 5.02 Å². The van der Waals surface area contributed by atoms with Crippen molar-refractivity contribution < 1.29 is 4.79 Å². The van der Waals surface area contributed by atoms with Crippen LogP contribution in [0.25, 0.3) is 0 Å². The van der Waals surface area contributed by atoms with Crippen LogP contribution in [-0.2, 0) is 0 Å². The highest BCUT2D eigenvalue weighted by Crippen LogP contribution is 2.25. The first kappa shape index (κ1) is 12.9. The molecule has 1 aliphatic rings. The molecule has 0 saturated carbocycles. The molecule has 3 nitrogen and oxygen atoms in total. The Morgan fingerprint density at radius 1 is 1.53 bits per heavy atom. The van der Waals surface area contributed by atoms with Gasteiger partial charge in [-0.3, -0.25) is 4.79 Å². The maximum atomic E-state index is 12.3. The molecule has 1 aromatic carbocycles. The molecule has 2 unspecified atom stereocenters. The van der Waals surface area contributed by atoms with E-state index in [1.807, 2.05) is 0 Å². The van der Waals surface area contributed by atoms with Crippen LogP contribution in [-0.4, -0.2) is 29.9 Å². The number of hydrogen-bond acceptors (Lipinski definition) is 2. The van der Waals surface area contributed by atoms with E-state index < -0.39 is 0 Å². The van der Waals surface area contributed by atoms with Gasteiger partial charge < -0.3 is 10.6 Å². The van der Waals surface area contributed by atoms with E-state index in [9.17, 15) is 4.79 Å². The Morgan fingerprint density at radius 2 is 2.24 bits per heavy atom. The minimum Gasteiger partial charge on any atom is -0.337 e. The minimum atomic E-state index is -0.0147. The van der Waals surface area contributed by atoms with Crippen LogP contribution < -0.4 is 5.73 Å². The van der Waals surface area contributed by atoms with Gasteiger partial charge in [-0.1, -0.05) is 18.5 Å². The average molecular weight is 318 g/mol. The number of carbonyl (C=O) groups excluding carboxylic acids is 1. The van der Waals surface area contributed by atoms with Gasteiger partial charge in [-0.05, 0) is 40.0 Å². The Morgan fingerprint density at radius 3 is 2.82 bits per heavy atom. The fourth-order valence-corrected chi connectivity index (χ4v) is 2.58. The summed E-state index contributed by atoms with van der Waals surface area (Å²) >= 11 is 9.28. The molecular weight excluding hydrogens is 304 g/mol. The third kappa shape index (κ3) is 2.64. The highest BCUT2D eigenvalue weighted by Gasteiger charge is 2.31. The summed E-state index contributed by atoms with van der Waals surface area (Å²) in [7, 11) is 0. The topological polar surface area (TPSA) is 46.3 Å². The molecule has 0 spiro atoms. The van der Waals surface area contributed by atoms with Gasteiger partial charge in [-0.2, -0.15) is 0 Å². The first-order valence-electron chi connectivity index (χ1n) is 5.49. The van der Waals surface area contributed by atoms with Gasteiger partial charge in [0.1, 0.15) is 0 Å². The van der Waals surface area contributed by atoms with Crippen LogP contribution >= 0.6 is 27.5 Å². The zero-order valence-electron chi connectivity index (χ0n) is 9.49. The molecule has 1 heterocycles. The van der Waals surface area contributed by atoms with Crippen LogP contribution in [0.5, 0.6) is 0 Å². The highest BCUT2D eigenvalue weighted by molar-refractivity contribution is 9.10. The summed E-state index contributed by atoms with van der Waals surface area (Å²) in [5.74, 6) is 0.330. The molecule has 1 fully saturated rings. The van der Waals surface area contributed by atoms with Crippen LogP contribution in [0, 0.1) is 5.92 Å². The number of halogens is 2. The SMILES string of the molecule is CC1CN(C(=O)c2cc(Cl)ccc2Br)CC1N. The molecule has 2 N–H and O–H groups in total. The van der Waals surface area contributed by atoms with Crippen molar-refractivity contribution in [2.45, 2.75) is 13.0 Å². The number of nitrogens with two attached hydrogens (primary N) is 1. The summed E-state index contributed by atoms with van der Waals surface area (Å²) < 4.78 is 0.764. The van der Waals surface area contributed by atoms with Crippen molar-refractivity contribution in [2.24, 2.45) is 11.7 Å². The summed E-state index contributed by atoms with van der Waals surface area (Å²) in [4.78, 5) is 14.1. The van der Waals surface area contributed by atoms with Gasteiger partial charge >= 0.3 is 0 Å². The summed E-state index contributed by atoms with van der Waals surface area (Å²) in [5.41, 5.74) is 6.52. The smallest absolute Gasteiger partial charge is 0.255 e. The Hall–Kier alpha value is -0.580. The first-order chi connectivity index (χ1) is 7.99. The number of hydrogen-bond donors (Lipinski definition) is 1. The Balaban J connectivity index is 2.23. The zero-order chi connectivity index (χ0) is 12.6. The third-order valence-corrected chi connectivity index (χ3v) is 4.04. The molecule has 0 aliphatic carbocycles. The molecule has 0 radical (unpaired) electrons. The third-order valence-electron chi connectivity index (χ3n) is 3.12. The predicted octanol–water partition coefficient (Wildman–Crippen LogP) is 2.52. The van der Waals surface area contributed by atoms with Crippen LogP contribution in [0.3, 0.4) is 0 Å². The van der Waals surface area contributed by atoms with Crippen molar-refractivity contribution in [1.82, 2.24) is 4.90 Å². The fourth-order valence-electron chi connectivity index (χ4n) is 1.99. The van der Waals surface area contributed by atoms with Crippen molar-refractivity contribution in [3.63, 3.8) is 0 Å². The molecule has 92 valence electrons. The monoisotopic (exact) mass is 316 g/mol. The quantitative estimate of drug-likeness (QED) is 0.865. The van der Waals surface area contributed by atoms with E-state index in [2.05, 4.69) is 22.9 Å². The standard InChI is InChI=1S/C12H14BrClN2O/c1-7-5-16(6-11(7)15)12(17)9-4-8(14)2-3-10(9)13/h2-4,7,11H,5-6,15H2,1H3. The second-order valence-electron chi connectivity index (χ2n) is 4.48. The van der Waals surface area contributed by atoms with Gasteiger partial charge in [0.25, 0.3) is 5.91 Å². The van der Waals surface area contributed by atoms with Gasteiger partial charge in [0.2, 0.25) is 0 Å². The van der Waals surface area contributed by atoms with E-state index >= 15 is 0 Å². The molecule has 2 atom stereocenters. The van der Waals surface area contributed by atoms with Gasteiger partial charge in [0.05, 0.1) is 5.56 Å². The molecule has 0 bridgehead atoms. The van der Waals surface area contributed by atoms with Crippen LogP contribution in [0.4, 0.5) is 0 Å². The Labute approximate surface area is 114 Å². The lowest BCUT2D eigenvalue weighted by molar-refractivity contribution is 0.0786. The van der Waals surface area contributed by atoms with Crippen LogP contribution in [0.1, 0.15) is 17.3 Å². The summed E-state index contributed by atoms with van der Waals surface area (Å²) in [6, 6.07) is 5.29. The number of benzene rings is 1. The second-order valence-corrected chi connectivity index (χ2v) is 5.77. The normalized spacial score (nSPS) is 24.1. The molecule has 5 heteroatoms. The molecule has 2 rings (SSSR count). The van der Waals surface area contributed by atoms with E-state index in [1.165, 1.54) is 0 Å². The van der Waals surface area contributed by atoms with Crippen molar-refractivity contribution >= 4 is 33.4 Å². The maximum absolute atomic E-state index is 12.3. The van der Waals surface area contributed by atoms with E-state index in [0.717, 1.165) is 4.47 Å². The number of likely N-dealkylation sites (tertiary alicyclic amines) is 1. The molecule has 0 aromatic heterocycles. The molecule has 17 heavy (non-hydrogen) atoms. The summed E-state index contributed by atoms with van der Waals surface area (Å²) in [5, 5.41) is 0.563. The van der Waals surface area contributed by atoms with Crippen molar-refractivity contribution in [2.75, 3.05) is 13.1 Å². The lowest BCUT2D eigenvalue weighted by Crippen LogP contribution is -2.32. The average Bonchev–Trinajstić information content (AvgIpc) is 2.62.